The number of hydrogen-bond donors (Lipinski definition) is 1. The van der Waals surface area contributed by atoms with Crippen LogP contribution in [0.3, 0.4) is 0 Å². The van der Waals surface area contributed by atoms with E-state index in [1.54, 1.807) is 23.2 Å². The molecule has 30 heavy (non-hydrogen) atoms. The molecule has 0 aliphatic rings. The van der Waals surface area contributed by atoms with E-state index < -0.39 is 0 Å². The molecule has 6 heteroatoms. The number of hydrogen-bond acceptors (Lipinski definition) is 4. The number of aromatic nitrogens is 2. The zero-order valence-electron chi connectivity index (χ0n) is 18.6. The molecule has 2 aromatic carbocycles. The van der Waals surface area contributed by atoms with E-state index >= 15 is 0 Å². The number of fused-ring (bicyclic) bond motifs is 1. The quantitative estimate of drug-likeness (QED) is 0.493. The molecule has 1 N–H and O–H groups in total. The first kappa shape index (κ1) is 22.1. The van der Waals surface area contributed by atoms with Crippen molar-refractivity contribution in [3.8, 4) is 5.75 Å². The van der Waals surface area contributed by atoms with Crippen LogP contribution in [-0.4, -0.2) is 40.2 Å². The molecule has 1 aromatic heterocycles. The maximum Gasteiger partial charge on any atom is 0.328 e. The highest BCUT2D eigenvalue weighted by Gasteiger charge is 2.08. The summed E-state index contributed by atoms with van der Waals surface area (Å²) in [5, 5.41) is 3.51. The monoisotopic (exact) mass is 410 g/mol. The molecule has 0 fully saturated rings. The number of imidazole rings is 1. The largest absolute Gasteiger partial charge is 0.489 e. The Kier molecular flexibility index (Phi) is 7.71. The van der Waals surface area contributed by atoms with Crippen LogP contribution in [0.1, 0.15) is 31.4 Å². The van der Waals surface area contributed by atoms with E-state index in [-0.39, 0.29) is 5.69 Å². The molecule has 0 saturated carbocycles. The summed E-state index contributed by atoms with van der Waals surface area (Å²) in [4.78, 5) is 14.5. The molecule has 0 saturated heterocycles. The van der Waals surface area contributed by atoms with Crippen molar-refractivity contribution >= 4 is 11.0 Å². The van der Waals surface area contributed by atoms with Crippen LogP contribution in [0.25, 0.3) is 11.0 Å². The lowest BCUT2D eigenvalue weighted by Gasteiger charge is -2.17. The third-order valence-corrected chi connectivity index (χ3v) is 5.72. The molecule has 3 rings (SSSR count). The summed E-state index contributed by atoms with van der Waals surface area (Å²) >= 11 is 0. The molecular weight excluding hydrogens is 376 g/mol. The smallest absolute Gasteiger partial charge is 0.328 e. The van der Waals surface area contributed by atoms with Gasteiger partial charge in [-0.25, -0.2) is 4.79 Å². The first-order chi connectivity index (χ1) is 14.5. The van der Waals surface area contributed by atoms with Crippen LogP contribution in [0.4, 0.5) is 0 Å². The van der Waals surface area contributed by atoms with E-state index in [9.17, 15) is 4.79 Å². The van der Waals surface area contributed by atoms with Crippen molar-refractivity contribution in [2.45, 2.75) is 33.4 Å². The molecule has 0 radical (unpaired) electrons. The average Bonchev–Trinajstić information content (AvgIpc) is 2.99. The number of nitrogens with one attached hydrogen (secondary N) is 1. The van der Waals surface area contributed by atoms with Gasteiger partial charge in [0.2, 0.25) is 0 Å². The first-order valence-corrected chi connectivity index (χ1v) is 10.8. The van der Waals surface area contributed by atoms with Gasteiger partial charge >= 0.3 is 5.69 Å². The van der Waals surface area contributed by atoms with Crippen LogP contribution in [0.2, 0.25) is 0 Å². The summed E-state index contributed by atoms with van der Waals surface area (Å²) in [5.74, 6) is 0.849. The Morgan fingerprint density at radius 3 is 2.30 bits per heavy atom. The Bertz CT molecular complexity index is 1000. The second kappa shape index (κ2) is 10.5. The van der Waals surface area contributed by atoms with E-state index in [0.29, 0.717) is 6.61 Å². The molecular formula is C24H34N4O2. The van der Waals surface area contributed by atoms with Gasteiger partial charge in [0.05, 0.1) is 11.0 Å². The van der Waals surface area contributed by atoms with Crippen LogP contribution in [0.5, 0.6) is 5.75 Å². The van der Waals surface area contributed by atoms with Gasteiger partial charge < -0.3 is 15.0 Å². The second-order valence-electron chi connectivity index (χ2n) is 7.71. The summed E-state index contributed by atoms with van der Waals surface area (Å²) in [7, 11) is 3.59. The van der Waals surface area contributed by atoms with E-state index in [2.05, 4.69) is 36.2 Å². The highest BCUT2D eigenvalue weighted by Crippen LogP contribution is 2.17. The van der Waals surface area contributed by atoms with Crippen molar-refractivity contribution in [1.29, 1.82) is 0 Å². The maximum absolute atomic E-state index is 12.1. The summed E-state index contributed by atoms with van der Waals surface area (Å²) < 4.78 is 9.28. The first-order valence-electron chi connectivity index (χ1n) is 10.8. The molecule has 0 unspecified atom stereocenters. The molecule has 0 bridgehead atoms. The maximum atomic E-state index is 12.1. The zero-order valence-corrected chi connectivity index (χ0v) is 18.6. The molecule has 0 atom stereocenters. The van der Waals surface area contributed by atoms with Gasteiger partial charge in [-0.15, -0.1) is 0 Å². The minimum Gasteiger partial charge on any atom is -0.489 e. The van der Waals surface area contributed by atoms with Gasteiger partial charge in [0.1, 0.15) is 12.4 Å². The van der Waals surface area contributed by atoms with Crippen molar-refractivity contribution in [1.82, 2.24) is 19.4 Å². The van der Waals surface area contributed by atoms with Crippen LogP contribution in [0, 0.1) is 0 Å². The number of nitrogens with zero attached hydrogens (tertiary/aromatic N) is 3. The zero-order chi connectivity index (χ0) is 21.5. The van der Waals surface area contributed by atoms with Gasteiger partial charge in [-0.2, -0.15) is 0 Å². The van der Waals surface area contributed by atoms with Gasteiger partial charge in [0.15, 0.2) is 0 Å². The Labute approximate surface area is 179 Å². The normalized spacial score (nSPS) is 11.5. The Balaban J connectivity index is 1.47. The molecule has 0 aliphatic heterocycles. The van der Waals surface area contributed by atoms with Crippen LogP contribution in [0.15, 0.2) is 47.3 Å². The summed E-state index contributed by atoms with van der Waals surface area (Å²) in [6.45, 7) is 10.2. The predicted octanol–water partition coefficient (Wildman–Crippen LogP) is 3.28. The second-order valence-corrected chi connectivity index (χ2v) is 7.71. The standard InChI is InChI=1S/C24H34N4O2/c1-5-28(6-2)15-7-14-25-17-19-8-11-21(12-9-19)30-18-20-10-13-22-23(16-20)27(4)24(29)26(22)3/h8-13,16,25H,5-7,14-15,17-18H2,1-4H3. The van der Waals surface area contributed by atoms with E-state index in [1.165, 1.54) is 12.0 Å². The van der Waals surface area contributed by atoms with Crippen LogP contribution < -0.4 is 15.7 Å². The third-order valence-electron chi connectivity index (χ3n) is 5.72. The highest BCUT2D eigenvalue weighted by molar-refractivity contribution is 5.76. The molecule has 162 valence electrons. The fourth-order valence-electron chi connectivity index (χ4n) is 3.71. The molecule has 0 amide bonds. The Morgan fingerprint density at radius 1 is 0.933 bits per heavy atom. The fourth-order valence-corrected chi connectivity index (χ4v) is 3.71. The number of aryl methyl sites for hydroxylation is 2. The minimum absolute atomic E-state index is 0.0136. The summed E-state index contributed by atoms with van der Waals surface area (Å²) in [6, 6.07) is 14.3. The van der Waals surface area contributed by atoms with E-state index in [4.69, 9.17) is 4.74 Å². The van der Waals surface area contributed by atoms with Gasteiger partial charge in [-0.1, -0.05) is 32.0 Å². The van der Waals surface area contributed by atoms with Gasteiger partial charge in [-0.3, -0.25) is 9.13 Å². The lowest BCUT2D eigenvalue weighted by Crippen LogP contribution is -2.27. The van der Waals surface area contributed by atoms with Crippen molar-refractivity contribution in [2.24, 2.45) is 14.1 Å². The lowest BCUT2D eigenvalue weighted by atomic mass is 10.2. The molecule has 6 nitrogen and oxygen atoms in total. The molecule has 3 aromatic rings. The summed E-state index contributed by atoms with van der Waals surface area (Å²) in [6.07, 6.45) is 1.17. The topological polar surface area (TPSA) is 51.4 Å². The number of rotatable bonds is 11. The van der Waals surface area contributed by atoms with Crippen molar-refractivity contribution in [2.75, 3.05) is 26.2 Å². The van der Waals surface area contributed by atoms with Gasteiger partial charge in [0.25, 0.3) is 0 Å². The molecule has 0 spiro atoms. The fraction of sp³-hybridized carbons (Fsp3) is 0.458. The number of ether oxygens (including phenoxy) is 1. The summed E-state index contributed by atoms with van der Waals surface area (Å²) in [5.41, 5.74) is 4.14. The van der Waals surface area contributed by atoms with Gasteiger partial charge in [-0.05, 0) is 68.0 Å². The third kappa shape index (κ3) is 5.32. The highest BCUT2D eigenvalue weighted by atomic mass is 16.5. The SMILES string of the molecule is CCN(CC)CCCNCc1ccc(OCc2ccc3c(c2)n(C)c(=O)n3C)cc1. The molecule has 0 aliphatic carbocycles. The van der Waals surface area contributed by atoms with Crippen LogP contribution >= 0.6 is 0 Å². The van der Waals surface area contributed by atoms with Crippen LogP contribution in [-0.2, 0) is 27.2 Å². The van der Waals surface area contributed by atoms with E-state index in [0.717, 1.165) is 55.1 Å². The average molecular weight is 411 g/mol. The lowest BCUT2D eigenvalue weighted by molar-refractivity contribution is 0.298. The van der Waals surface area contributed by atoms with E-state index in [1.807, 2.05) is 30.3 Å². The van der Waals surface area contributed by atoms with Crippen molar-refractivity contribution in [3.05, 3.63) is 64.1 Å². The molecule has 1 heterocycles. The minimum atomic E-state index is -0.0136. The van der Waals surface area contributed by atoms with Gasteiger partial charge in [0, 0.05) is 20.6 Å². The van der Waals surface area contributed by atoms with Crippen molar-refractivity contribution < 1.29 is 4.74 Å². The Morgan fingerprint density at radius 2 is 1.60 bits per heavy atom. The Hall–Kier alpha value is -2.57. The van der Waals surface area contributed by atoms with Crippen molar-refractivity contribution in [3.63, 3.8) is 0 Å². The number of benzene rings is 2. The predicted molar refractivity (Wildman–Crippen MR) is 123 cm³/mol.